The normalized spacial score (nSPS) is 16.7. The van der Waals surface area contributed by atoms with Gasteiger partial charge in [0.2, 0.25) is 0 Å². The maximum atomic E-state index is 12.5. The van der Waals surface area contributed by atoms with Crippen molar-refractivity contribution in [1.82, 2.24) is 9.88 Å². The van der Waals surface area contributed by atoms with Gasteiger partial charge in [-0.3, -0.25) is 9.78 Å². The molecule has 0 radical (unpaired) electrons. The summed E-state index contributed by atoms with van der Waals surface area (Å²) in [7, 11) is 1.62. The van der Waals surface area contributed by atoms with Crippen LogP contribution in [0.15, 0.2) is 48.8 Å². The Morgan fingerprint density at radius 3 is 2.60 bits per heavy atom. The van der Waals surface area contributed by atoms with Crippen LogP contribution in [0.5, 0.6) is 11.5 Å². The van der Waals surface area contributed by atoms with Crippen molar-refractivity contribution in [2.75, 3.05) is 20.3 Å². The molecule has 1 aliphatic rings. The number of aromatic nitrogens is 1. The number of ether oxygens (including phenoxy) is 2. The molecule has 2 aromatic rings. The Kier molecular flexibility index (Phi) is 5.88. The lowest BCUT2D eigenvalue weighted by molar-refractivity contribution is -0.134. The number of rotatable bonds is 7. The van der Waals surface area contributed by atoms with Gasteiger partial charge in [0.05, 0.1) is 7.11 Å². The van der Waals surface area contributed by atoms with E-state index in [-0.39, 0.29) is 12.5 Å². The highest BCUT2D eigenvalue weighted by molar-refractivity contribution is 5.78. The minimum absolute atomic E-state index is 0.0630. The molecule has 0 aliphatic carbocycles. The van der Waals surface area contributed by atoms with Gasteiger partial charge in [0.25, 0.3) is 5.91 Å². The van der Waals surface area contributed by atoms with Crippen molar-refractivity contribution in [2.24, 2.45) is 0 Å². The van der Waals surface area contributed by atoms with Gasteiger partial charge in [-0.2, -0.15) is 0 Å². The maximum Gasteiger partial charge on any atom is 0.260 e. The summed E-state index contributed by atoms with van der Waals surface area (Å²) in [6.07, 6.45) is 7.72. The Labute approximate surface area is 148 Å². The van der Waals surface area contributed by atoms with Crippen molar-refractivity contribution in [3.8, 4) is 11.5 Å². The lowest BCUT2D eigenvalue weighted by Gasteiger charge is -2.25. The first kappa shape index (κ1) is 17.3. The summed E-state index contributed by atoms with van der Waals surface area (Å²) < 4.78 is 10.8. The smallest absolute Gasteiger partial charge is 0.260 e. The molecule has 3 rings (SSSR count). The van der Waals surface area contributed by atoms with Crippen molar-refractivity contribution >= 4 is 5.91 Å². The zero-order chi connectivity index (χ0) is 17.5. The van der Waals surface area contributed by atoms with E-state index in [1.54, 1.807) is 7.11 Å². The number of hydrogen-bond donors (Lipinski definition) is 0. The van der Waals surface area contributed by atoms with E-state index in [1.165, 1.54) is 5.56 Å². The first-order valence-corrected chi connectivity index (χ1v) is 8.71. The lowest BCUT2D eigenvalue weighted by Crippen LogP contribution is -2.38. The number of hydrogen-bond acceptors (Lipinski definition) is 4. The molecule has 1 aromatic carbocycles. The van der Waals surface area contributed by atoms with Gasteiger partial charge in [-0.15, -0.1) is 0 Å². The third-order valence-corrected chi connectivity index (χ3v) is 4.63. The number of amides is 1. The van der Waals surface area contributed by atoms with Gasteiger partial charge < -0.3 is 14.4 Å². The molecule has 1 aliphatic heterocycles. The van der Waals surface area contributed by atoms with Crippen LogP contribution in [0.2, 0.25) is 0 Å². The highest BCUT2D eigenvalue weighted by atomic mass is 16.5. The zero-order valence-corrected chi connectivity index (χ0v) is 14.6. The first-order chi connectivity index (χ1) is 12.3. The second kappa shape index (κ2) is 8.51. The van der Waals surface area contributed by atoms with Crippen molar-refractivity contribution in [3.05, 3.63) is 54.4 Å². The molecule has 1 fully saturated rings. The molecule has 1 aromatic heterocycles. The van der Waals surface area contributed by atoms with E-state index in [9.17, 15) is 4.79 Å². The predicted octanol–water partition coefficient (Wildman–Crippen LogP) is 3.09. The summed E-state index contributed by atoms with van der Waals surface area (Å²) in [5.41, 5.74) is 1.27. The topological polar surface area (TPSA) is 51.7 Å². The van der Waals surface area contributed by atoms with E-state index >= 15 is 0 Å². The van der Waals surface area contributed by atoms with E-state index in [4.69, 9.17) is 9.47 Å². The summed E-state index contributed by atoms with van der Waals surface area (Å²) in [6.45, 7) is 0.907. The average Bonchev–Trinajstić information content (AvgIpc) is 3.14. The van der Waals surface area contributed by atoms with Crippen LogP contribution in [0.1, 0.15) is 24.8 Å². The van der Waals surface area contributed by atoms with Crippen molar-refractivity contribution in [2.45, 2.75) is 31.7 Å². The maximum absolute atomic E-state index is 12.5. The molecule has 5 nitrogen and oxygen atoms in total. The quantitative estimate of drug-likeness (QED) is 0.777. The Bertz CT molecular complexity index is 673. The Morgan fingerprint density at radius 2 is 1.88 bits per heavy atom. The van der Waals surface area contributed by atoms with Crippen LogP contribution in [-0.2, 0) is 11.2 Å². The first-order valence-electron chi connectivity index (χ1n) is 8.71. The van der Waals surface area contributed by atoms with E-state index in [1.807, 2.05) is 53.7 Å². The third-order valence-electron chi connectivity index (χ3n) is 4.63. The van der Waals surface area contributed by atoms with E-state index < -0.39 is 0 Å². The van der Waals surface area contributed by atoms with Crippen LogP contribution in [0, 0.1) is 0 Å². The molecule has 1 amide bonds. The highest BCUT2D eigenvalue weighted by Gasteiger charge is 2.28. The van der Waals surface area contributed by atoms with Crippen molar-refractivity contribution < 1.29 is 14.3 Å². The second-order valence-electron chi connectivity index (χ2n) is 6.24. The number of likely N-dealkylation sites (tertiary alicyclic amines) is 1. The van der Waals surface area contributed by atoms with Gasteiger partial charge in [-0.1, -0.05) is 0 Å². The molecular formula is C20H24N2O3. The van der Waals surface area contributed by atoms with E-state index in [0.29, 0.717) is 11.8 Å². The van der Waals surface area contributed by atoms with Gasteiger partial charge >= 0.3 is 0 Å². The Balaban J connectivity index is 1.49. The Hall–Kier alpha value is -2.56. The number of nitrogens with zero attached hydrogens (tertiary/aromatic N) is 2. The molecule has 1 saturated heterocycles. The largest absolute Gasteiger partial charge is 0.497 e. The van der Waals surface area contributed by atoms with Crippen LogP contribution in [0.4, 0.5) is 0 Å². The van der Waals surface area contributed by atoms with Crippen LogP contribution >= 0.6 is 0 Å². The molecule has 2 heterocycles. The fourth-order valence-electron chi connectivity index (χ4n) is 3.25. The summed E-state index contributed by atoms with van der Waals surface area (Å²) in [5, 5.41) is 0. The van der Waals surface area contributed by atoms with Gasteiger partial charge in [-0.25, -0.2) is 0 Å². The number of benzene rings is 1. The van der Waals surface area contributed by atoms with Crippen LogP contribution < -0.4 is 9.47 Å². The minimum atomic E-state index is 0.0630. The van der Waals surface area contributed by atoms with E-state index in [2.05, 4.69) is 4.98 Å². The van der Waals surface area contributed by atoms with E-state index in [0.717, 1.165) is 38.0 Å². The average molecular weight is 340 g/mol. The summed E-state index contributed by atoms with van der Waals surface area (Å²) in [4.78, 5) is 18.6. The number of pyridine rings is 1. The molecular weight excluding hydrogens is 316 g/mol. The molecule has 5 heteroatoms. The predicted molar refractivity (Wildman–Crippen MR) is 95.8 cm³/mol. The molecule has 0 N–H and O–H groups in total. The molecule has 1 atom stereocenters. The standard InChI is InChI=1S/C20H24N2O3/c1-24-18-6-8-19(9-7-18)25-15-20(23)22-14-2-3-17(22)5-4-16-10-12-21-13-11-16/h6-13,17H,2-5,14-15H2,1H3/t17-/m1/s1. The fraction of sp³-hybridized carbons (Fsp3) is 0.400. The summed E-state index contributed by atoms with van der Waals surface area (Å²) >= 11 is 0. The van der Waals surface area contributed by atoms with Gasteiger partial charge in [0.1, 0.15) is 11.5 Å². The molecule has 0 unspecified atom stereocenters. The molecule has 0 spiro atoms. The van der Waals surface area contributed by atoms with Gasteiger partial charge in [-0.05, 0) is 67.6 Å². The number of methoxy groups -OCH3 is 1. The second-order valence-corrected chi connectivity index (χ2v) is 6.24. The number of carbonyl (C=O) groups excluding carboxylic acids is 1. The van der Waals surface area contributed by atoms with Gasteiger partial charge in [0.15, 0.2) is 6.61 Å². The molecule has 0 saturated carbocycles. The summed E-state index contributed by atoms with van der Waals surface area (Å²) in [6, 6.07) is 11.7. The summed E-state index contributed by atoms with van der Waals surface area (Å²) in [5.74, 6) is 1.52. The fourth-order valence-corrected chi connectivity index (χ4v) is 3.25. The number of aryl methyl sites for hydroxylation is 1. The molecule has 25 heavy (non-hydrogen) atoms. The van der Waals surface area contributed by atoms with Crippen LogP contribution in [0.3, 0.4) is 0 Å². The SMILES string of the molecule is COc1ccc(OCC(=O)N2CCC[C@@H]2CCc2ccncc2)cc1. The van der Waals surface area contributed by atoms with Crippen LogP contribution in [-0.4, -0.2) is 42.1 Å². The molecule has 0 bridgehead atoms. The number of carbonyl (C=O) groups is 1. The monoisotopic (exact) mass is 340 g/mol. The Morgan fingerprint density at radius 1 is 1.16 bits per heavy atom. The van der Waals surface area contributed by atoms with Crippen LogP contribution in [0.25, 0.3) is 0 Å². The highest BCUT2D eigenvalue weighted by Crippen LogP contribution is 2.23. The third kappa shape index (κ3) is 4.72. The molecule has 132 valence electrons. The van der Waals surface area contributed by atoms with Crippen molar-refractivity contribution in [3.63, 3.8) is 0 Å². The van der Waals surface area contributed by atoms with Gasteiger partial charge in [0, 0.05) is 25.0 Å². The zero-order valence-electron chi connectivity index (χ0n) is 14.6. The lowest BCUT2D eigenvalue weighted by atomic mass is 10.0. The van der Waals surface area contributed by atoms with Crippen molar-refractivity contribution in [1.29, 1.82) is 0 Å². The minimum Gasteiger partial charge on any atom is -0.497 e.